The third-order valence-corrected chi connectivity index (χ3v) is 5.33. The molecular formula is C22H20BrFN2O2. The molecule has 0 aliphatic carbocycles. The predicted molar refractivity (Wildman–Crippen MR) is 112 cm³/mol. The van der Waals surface area contributed by atoms with E-state index in [4.69, 9.17) is 0 Å². The maximum absolute atomic E-state index is 14.8. The van der Waals surface area contributed by atoms with Gasteiger partial charge in [0.05, 0.1) is 5.71 Å². The van der Waals surface area contributed by atoms with Gasteiger partial charge in [0.15, 0.2) is 0 Å². The number of aromatic nitrogens is 1. The average molecular weight is 443 g/mol. The van der Waals surface area contributed by atoms with Crippen molar-refractivity contribution in [2.24, 2.45) is 12.2 Å². The first-order valence-electron chi connectivity index (χ1n) is 8.79. The molecule has 0 saturated heterocycles. The van der Waals surface area contributed by atoms with Gasteiger partial charge in [0.25, 0.3) is 0 Å². The van der Waals surface area contributed by atoms with Crippen molar-refractivity contribution in [2.45, 2.75) is 19.3 Å². The molecule has 1 heterocycles. The largest absolute Gasteiger partial charge is 0.411 e. The Morgan fingerprint density at radius 2 is 1.93 bits per heavy atom. The predicted octanol–water partition coefficient (Wildman–Crippen LogP) is 5.00. The Morgan fingerprint density at radius 3 is 2.57 bits per heavy atom. The third-order valence-electron chi connectivity index (χ3n) is 4.84. The molecule has 1 N–H and O–H groups in total. The Hall–Kier alpha value is -2.73. The Morgan fingerprint density at radius 1 is 1.18 bits per heavy atom. The summed E-state index contributed by atoms with van der Waals surface area (Å²) >= 11 is 3.30. The molecule has 6 heteroatoms. The van der Waals surface area contributed by atoms with Crippen molar-refractivity contribution < 1.29 is 9.60 Å². The van der Waals surface area contributed by atoms with Crippen LogP contribution in [0.15, 0.2) is 75.2 Å². The van der Waals surface area contributed by atoms with Crippen LogP contribution in [-0.4, -0.2) is 15.5 Å². The van der Waals surface area contributed by atoms with E-state index < -0.39 is 0 Å². The fourth-order valence-corrected chi connectivity index (χ4v) is 3.66. The molecule has 28 heavy (non-hydrogen) atoms. The van der Waals surface area contributed by atoms with E-state index in [9.17, 15) is 14.4 Å². The van der Waals surface area contributed by atoms with Crippen molar-refractivity contribution in [3.8, 4) is 0 Å². The molecule has 0 aliphatic rings. The van der Waals surface area contributed by atoms with Gasteiger partial charge >= 0.3 is 0 Å². The van der Waals surface area contributed by atoms with Crippen LogP contribution in [0.5, 0.6) is 0 Å². The smallest absolute Gasteiger partial charge is 0.250 e. The van der Waals surface area contributed by atoms with E-state index in [2.05, 4.69) is 21.1 Å². The zero-order chi connectivity index (χ0) is 20.3. The maximum Gasteiger partial charge on any atom is 0.250 e. The van der Waals surface area contributed by atoms with E-state index in [1.165, 1.54) is 16.7 Å². The number of pyridine rings is 1. The van der Waals surface area contributed by atoms with Gasteiger partial charge in [-0.1, -0.05) is 51.4 Å². The summed E-state index contributed by atoms with van der Waals surface area (Å²) in [4.78, 5) is 11.7. The summed E-state index contributed by atoms with van der Waals surface area (Å²) in [6.45, 7) is 1.97. The van der Waals surface area contributed by atoms with Gasteiger partial charge in [-0.05, 0) is 41.8 Å². The Kier molecular flexibility index (Phi) is 6.09. The summed E-state index contributed by atoms with van der Waals surface area (Å²) in [6.07, 6.45) is 1.89. The highest BCUT2D eigenvalue weighted by molar-refractivity contribution is 9.10. The van der Waals surface area contributed by atoms with Crippen LogP contribution < -0.4 is 5.56 Å². The number of aryl methyl sites for hydroxylation is 2. The Labute approximate surface area is 171 Å². The number of rotatable bonds is 5. The number of hydrogen-bond acceptors (Lipinski definition) is 3. The topological polar surface area (TPSA) is 54.6 Å². The summed E-state index contributed by atoms with van der Waals surface area (Å²) in [5.74, 6) is -0.683. The van der Waals surface area contributed by atoms with Gasteiger partial charge in [0.1, 0.15) is 5.82 Å². The highest BCUT2D eigenvalue weighted by Gasteiger charge is 2.23. The summed E-state index contributed by atoms with van der Waals surface area (Å²) in [5, 5.41) is 13.1. The minimum absolute atomic E-state index is 0.157. The molecule has 1 atom stereocenters. The molecule has 2 aromatic carbocycles. The minimum atomic E-state index is -0.350. The number of hydrogen-bond donors (Lipinski definition) is 1. The van der Waals surface area contributed by atoms with Crippen LogP contribution in [0.25, 0.3) is 0 Å². The van der Waals surface area contributed by atoms with Crippen molar-refractivity contribution >= 4 is 21.6 Å². The van der Waals surface area contributed by atoms with Gasteiger partial charge in [-0.15, -0.1) is 0 Å². The van der Waals surface area contributed by atoms with Gasteiger partial charge in [0, 0.05) is 41.7 Å². The number of oxime groups is 1. The monoisotopic (exact) mass is 442 g/mol. The molecule has 0 radical (unpaired) electrons. The van der Waals surface area contributed by atoms with Crippen LogP contribution in [0.4, 0.5) is 4.39 Å². The fourth-order valence-electron chi connectivity index (χ4n) is 3.32. The van der Waals surface area contributed by atoms with Gasteiger partial charge in [-0.3, -0.25) is 4.79 Å². The van der Waals surface area contributed by atoms with Gasteiger partial charge in [-0.2, -0.15) is 0 Å². The van der Waals surface area contributed by atoms with Crippen LogP contribution >= 0.6 is 15.9 Å². The van der Waals surface area contributed by atoms with Crippen molar-refractivity contribution in [3.63, 3.8) is 0 Å². The van der Waals surface area contributed by atoms with E-state index in [-0.39, 0.29) is 23.7 Å². The van der Waals surface area contributed by atoms with E-state index in [0.29, 0.717) is 21.3 Å². The SMILES string of the molecule is Cc1ccccc1C(CC(=NO)c1ccc(=O)n(C)c1)c1ccc(Br)cc1F. The van der Waals surface area contributed by atoms with E-state index in [1.807, 2.05) is 31.2 Å². The molecule has 0 amide bonds. The zero-order valence-corrected chi connectivity index (χ0v) is 17.1. The normalized spacial score (nSPS) is 12.8. The molecule has 0 bridgehead atoms. The first-order chi connectivity index (χ1) is 13.4. The molecule has 0 aliphatic heterocycles. The van der Waals surface area contributed by atoms with Crippen molar-refractivity contribution in [2.75, 3.05) is 0 Å². The second-order valence-corrected chi connectivity index (χ2v) is 7.61. The first kappa shape index (κ1) is 20.0. The lowest BCUT2D eigenvalue weighted by molar-refractivity contribution is 0.317. The second kappa shape index (κ2) is 8.52. The number of benzene rings is 2. The molecule has 0 fully saturated rings. The lowest BCUT2D eigenvalue weighted by Crippen LogP contribution is -2.18. The van der Waals surface area contributed by atoms with Crippen LogP contribution in [0, 0.1) is 12.7 Å². The maximum atomic E-state index is 14.8. The molecule has 3 aromatic rings. The summed E-state index contributed by atoms with van der Waals surface area (Å²) < 4.78 is 16.9. The molecule has 0 saturated carbocycles. The van der Waals surface area contributed by atoms with Gasteiger partial charge in [0.2, 0.25) is 5.56 Å². The molecule has 1 aromatic heterocycles. The molecule has 3 rings (SSSR count). The molecule has 0 spiro atoms. The van der Waals surface area contributed by atoms with Gasteiger partial charge < -0.3 is 9.77 Å². The summed E-state index contributed by atoms with van der Waals surface area (Å²) in [7, 11) is 1.63. The quantitative estimate of drug-likeness (QED) is 0.343. The van der Waals surface area contributed by atoms with E-state index in [1.54, 1.807) is 31.4 Å². The van der Waals surface area contributed by atoms with Crippen LogP contribution in [0.2, 0.25) is 0 Å². The number of halogens is 2. The highest BCUT2D eigenvalue weighted by Crippen LogP contribution is 2.34. The van der Waals surface area contributed by atoms with Crippen LogP contribution in [0.3, 0.4) is 0 Å². The standard InChI is InChI=1S/C22H20BrFN2O2/c1-14-5-3-4-6-17(14)19(18-9-8-16(23)11-20(18)24)12-21(25-28)15-7-10-22(27)26(2)13-15/h3-11,13,19,28H,12H2,1-2H3. The number of nitrogens with zero attached hydrogens (tertiary/aromatic N) is 2. The summed E-state index contributed by atoms with van der Waals surface area (Å²) in [5.41, 5.74) is 3.33. The van der Waals surface area contributed by atoms with Crippen molar-refractivity contribution in [1.29, 1.82) is 0 Å². The highest BCUT2D eigenvalue weighted by atomic mass is 79.9. The Bertz CT molecular complexity index is 1090. The molecule has 144 valence electrons. The summed E-state index contributed by atoms with van der Waals surface area (Å²) in [6, 6.07) is 15.8. The lowest BCUT2D eigenvalue weighted by atomic mass is 9.83. The molecular weight excluding hydrogens is 423 g/mol. The lowest BCUT2D eigenvalue weighted by Gasteiger charge is -2.21. The molecule has 4 nitrogen and oxygen atoms in total. The fraction of sp³-hybridized carbons (Fsp3) is 0.182. The molecule has 1 unspecified atom stereocenters. The minimum Gasteiger partial charge on any atom is -0.411 e. The van der Waals surface area contributed by atoms with Crippen molar-refractivity contribution in [3.05, 3.63) is 104 Å². The van der Waals surface area contributed by atoms with Crippen LogP contribution in [-0.2, 0) is 7.05 Å². The van der Waals surface area contributed by atoms with Crippen molar-refractivity contribution in [1.82, 2.24) is 4.57 Å². The van der Waals surface area contributed by atoms with E-state index >= 15 is 0 Å². The third kappa shape index (κ3) is 4.22. The average Bonchev–Trinajstić information content (AvgIpc) is 2.67. The zero-order valence-electron chi connectivity index (χ0n) is 15.6. The Balaban J connectivity index is 2.09. The first-order valence-corrected chi connectivity index (χ1v) is 9.58. The van der Waals surface area contributed by atoms with Crippen LogP contribution in [0.1, 0.15) is 34.6 Å². The van der Waals surface area contributed by atoms with Gasteiger partial charge in [-0.25, -0.2) is 4.39 Å². The second-order valence-electron chi connectivity index (χ2n) is 6.69. The van der Waals surface area contributed by atoms with E-state index in [0.717, 1.165) is 11.1 Å².